The molecule has 0 spiro atoms. The number of amidine groups is 1. The van der Waals surface area contributed by atoms with E-state index in [-0.39, 0.29) is 39.7 Å². The molecule has 1 aromatic heterocycles. The quantitative estimate of drug-likeness (QED) is 0.179. The first kappa shape index (κ1) is 26.9. The average Bonchev–Trinajstić information content (AvgIpc) is 3.59. The lowest BCUT2D eigenvalue weighted by molar-refractivity contribution is 0.0683. The Bertz CT molecular complexity index is 1960. The number of hydrogen-bond acceptors (Lipinski definition) is 7. The number of H-pyrrole nitrogens is 1. The van der Waals surface area contributed by atoms with Crippen LogP contribution in [0.5, 0.6) is 11.5 Å². The van der Waals surface area contributed by atoms with Crippen LogP contribution in [-0.2, 0) is 6.42 Å². The SMILES string of the molecule is O=C(O)c1cc(Oc2ccc(C(=O)O)c(C(=O)Nc3nc4ccccc4[nH]3)c2)ccc1C(=O)NC1=Nc2ccccc2C1. The number of amides is 2. The van der Waals surface area contributed by atoms with E-state index >= 15 is 0 Å². The van der Waals surface area contributed by atoms with Gasteiger partial charge in [0.15, 0.2) is 0 Å². The maximum atomic E-state index is 13.1. The minimum atomic E-state index is -1.36. The van der Waals surface area contributed by atoms with Crippen LogP contribution in [0, 0.1) is 0 Å². The van der Waals surface area contributed by atoms with Crippen LogP contribution in [-0.4, -0.2) is 49.8 Å². The summed E-state index contributed by atoms with van der Waals surface area (Å²) in [6.07, 6.45) is 0.407. The molecule has 0 fully saturated rings. The number of nitrogens with zero attached hydrogens (tertiary/aromatic N) is 2. The van der Waals surface area contributed by atoms with Crippen molar-refractivity contribution in [3.63, 3.8) is 0 Å². The molecule has 5 aromatic rings. The Hall–Kier alpha value is -6.30. The van der Waals surface area contributed by atoms with E-state index in [1.54, 1.807) is 24.3 Å². The zero-order chi connectivity index (χ0) is 30.1. The zero-order valence-electron chi connectivity index (χ0n) is 22.1. The third-order valence-corrected chi connectivity index (χ3v) is 6.65. The van der Waals surface area contributed by atoms with Crippen LogP contribution >= 0.6 is 0 Å². The van der Waals surface area contributed by atoms with Gasteiger partial charge in [0.2, 0.25) is 5.95 Å². The van der Waals surface area contributed by atoms with Gasteiger partial charge in [-0.05, 0) is 60.2 Å². The highest BCUT2D eigenvalue weighted by Crippen LogP contribution is 2.28. The second-order valence-corrected chi connectivity index (χ2v) is 9.50. The largest absolute Gasteiger partial charge is 0.478 e. The Balaban J connectivity index is 1.23. The maximum absolute atomic E-state index is 13.1. The number of imidazole rings is 1. The number of carboxylic acid groups (broad SMARTS) is 2. The molecule has 0 saturated heterocycles. The van der Waals surface area contributed by atoms with Gasteiger partial charge in [-0.2, -0.15) is 0 Å². The molecule has 0 aliphatic carbocycles. The molecule has 1 aliphatic heterocycles. The van der Waals surface area contributed by atoms with Crippen LogP contribution in [0.3, 0.4) is 0 Å². The van der Waals surface area contributed by atoms with Crippen LogP contribution in [0.25, 0.3) is 11.0 Å². The Labute approximate surface area is 242 Å². The average molecular weight is 576 g/mol. The van der Waals surface area contributed by atoms with Gasteiger partial charge in [0.05, 0.1) is 39.0 Å². The number of carbonyl (C=O) groups is 4. The molecule has 6 rings (SSSR count). The number of carboxylic acids is 2. The van der Waals surface area contributed by atoms with Gasteiger partial charge in [-0.1, -0.05) is 30.3 Å². The molecule has 212 valence electrons. The van der Waals surface area contributed by atoms with Gasteiger partial charge >= 0.3 is 11.9 Å². The number of aromatic amines is 1. The number of ether oxygens (including phenoxy) is 1. The monoisotopic (exact) mass is 575 g/mol. The topological polar surface area (TPSA) is 183 Å². The van der Waals surface area contributed by atoms with Crippen LogP contribution in [0.1, 0.15) is 47.0 Å². The first-order chi connectivity index (χ1) is 20.7. The second-order valence-electron chi connectivity index (χ2n) is 9.50. The standard InChI is InChI=1S/C31H21N5O7/c37-27(35-26-13-16-5-1-2-6-23(16)32-26)19-11-9-18(15-22(19)30(41)42)43-17-10-12-20(29(39)40)21(14-17)28(38)36-31-33-24-7-3-4-8-25(24)34-31/h1-12,14-15H,13H2,(H,39,40)(H,41,42)(H,32,35,37)(H2,33,34,36,38). The van der Waals surface area contributed by atoms with Gasteiger partial charge in [0, 0.05) is 6.42 Å². The van der Waals surface area contributed by atoms with Gasteiger partial charge in [0.1, 0.15) is 17.3 Å². The molecule has 12 nitrogen and oxygen atoms in total. The number of anilines is 1. The summed E-state index contributed by atoms with van der Waals surface area (Å²) >= 11 is 0. The summed E-state index contributed by atoms with van der Waals surface area (Å²) in [7, 11) is 0. The third-order valence-electron chi connectivity index (χ3n) is 6.65. The predicted molar refractivity (Wildman–Crippen MR) is 156 cm³/mol. The Morgan fingerprint density at radius 2 is 1.37 bits per heavy atom. The van der Waals surface area contributed by atoms with Crippen LogP contribution < -0.4 is 15.4 Å². The fourth-order valence-corrected chi connectivity index (χ4v) is 4.65. The zero-order valence-corrected chi connectivity index (χ0v) is 22.1. The van der Waals surface area contributed by atoms with E-state index in [4.69, 9.17) is 4.74 Å². The number of benzene rings is 4. The Morgan fingerprint density at radius 1 is 0.721 bits per heavy atom. The number of hydrogen-bond donors (Lipinski definition) is 5. The van der Waals surface area contributed by atoms with Crippen LogP contribution in [0.15, 0.2) is 89.9 Å². The molecule has 2 amide bonds. The summed E-state index contributed by atoms with van der Waals surface area (Å²) < 4.78 is 5.79. The van der Waals surface area contributed by atoms with E-state index in [0.29, 0.717) is 23.3 Å². The molecule has 0 bridgehead atoms. The smallest absolute Gasteiger partial charge is 0.336 e. The number of aromatic carboxylic acids is 2. The van der Waals surface area contributed by atoms with Crippen molar-refractivity contribution in [2.24, 2.45) is 4.99 Å². The first-order valence-corrected chi connectivity index (χ1v) is 12.9. The molecule has 12 heteroatoms. The van der Waals surface area contributed by atoms with E-state index < -0.39 is 23.8 Å². The van der Waals surface area contributed by atoms with Crippen molar-refractivity contribution in [1.82, 2.24) is 15.3 Å². The number of para-hydroxylation sites is 3. The van der Waals surface area contributed by atoms with E-state index in [0.717, 1.165) is 11.3 Å². The normalized spacial score (nSPS) is 11.9. The number of aliphatic imine (C=N–C) groups is 1. The minimum absolute atomic E-state index is 0.0475. The molecule has 1 aliphatic rings. The summed E-state index contributed by atoms with van der Waals surface area (Å²) in [6, 6.07) is 22.1. The number of nitrogens with one attached hydrogen (secondary N) is 3. The van der Waals surface area contributed by atoms with E-state index in [9.17, 15) is 29.4 Å². The molecular weight excluding hydrogens is 554 g/mol. The van der Waals surface area contributed by atoms with E-state index in [1.165, 1.54) is 36.4 Å². The predicted octanol–water partition coefficient (Wildman–Crippen LogP) is 5.02. The summed E-state index contributed by atoms with van der Waals surface area (Å²) in [6.45, 7) is 0. The highest BCUT2D eigenvalue weighted by molar-refractivity contribution is 6.13. The lowest BCUT2D eigenvalue weighted by Gasteiger charge is -2.12. The lowest BCUT2D eigenvalue weighted by Crippen LogP contribution is -2.31. The van der Waals surface area contributed by atoms with Crippen molar-refractivity contribution in [2.75, 3.05) is 5.32 Å². The molecule has 5 N–H and O–H groups in total. The third kappa shape index (κ3) is 5.52. The molecule has 43 heavy (non-hydrogen) atoms. The van der Waals surface area contributed by atoms with Crippen molar-refractivity contribution >= 4 is 52.3 Å². The Morgan fingerprint density at radius 3 is 2.09 bits per heavy atom. The summed E-state index contributed by atoms with van der Waals surface area (Å²) in [5, 5.41) is 24.7. The molecule has 0 unspecified atom stereocenters. The van der Waals surface area contributed by atoms with Crippen molar-refractivity contribution in [1.29, 1.82) is 0 Å². The van der Waals surface area contributed by atoms with Crippen LogP contribution in [0.2, 0.25) is 0 Å². The highest BCUT2D eigenvalue weighted by atomic mass is 16.5. The number of carbonyl (C=O) groups excluding carboxylic acids is 2. The molecule has 4 aromatic carbocycles. The van der Waals surface area contributed by atoms with Crippen molar-refractivity contribution < 1.29 is 34.1 Å². The fraction of sp³-hybridized carbons (Fsp3) is 0.0323. The van der Waals surface area contributed by atoms with Gasteiger partial charge in [-0.15, -0.1) is 0 Å². The number of fused-ring (bicyclic) bond motifs is 2. The summed E-state index contributed by atoms with van der Waals surface area (Å²) in [5.74, 6) is -3.46. The summed E-state index contributed by atoms with van der Waals surface area (Å²) in [4.78, 5) is 61.5. The highest BCUT2D eigenvalue weighted by Gasteiger charge is 2.23. The van der Waals surface area contributed by atoms with Crippen LogP contribution in [0.4, 0.5) is 11.6 Å². The fourth-order valence-electron chi connectivity index (χ4n) is 4.65. The maximum Gasteiger partial charge on any atom is 0.336 e. The van der Waals surface area contributed by atoms with Crippen molar-refractivity contribution in [2.45, 2.75) is 6.42 Å². The van der Waals surface area contributed by atoms with Crippen molar-refractivity contribution in [3.8, 4) is 11.5 Å². The summed E-state index contributed by atoms with van der Waals surface area (Å²) in [5.41, 5.74) is 2.05. The first-order valence-electron chi connectivity index (χ1n) is 12.9. The Kier molecular flexibility index (Phi) is 6.84. The molecule has 2 heterocycles. The van der Waals surface area contributed by atoms with E-state index in [2.05, 4.69) is 25.6 Å². The molecule has 0 radical (unpaired) electrons. The molecule has 0 atom stereocenters. The minimum Gasteiger partial charge on any atom is -0.478 e. The van der Waals surface area contributed by atoms with Gasteiger partial charge in [0.25, 0.3) is 11.8 Å². The van der Waals surface area contributed by atoms with Gasteiger partial charge in [-0.25, -0.2) is 19.6 Å². The van der Waals surface area contributed by atoms with Gasteiger partial charge in [-0.3, -0.25) is 14.9 Å². The van der Waals surface area contributed by atoms with E-state index in [1.807, 2.05) is 24.3 Å². The molecule has 0 saturated carbocycles. The number of aromatic nitrogens is 2. The lowest BCUT2D eigenvalue weighted by atomic mass is 10.1. The molecular formula is C31H21N5O7. The van der Waals surface area contributed by atoms with Gasteiger partial charge < -0.3 is 25.3 Å². The number of rotatable bonds is 7. The van der Waals surface area contributed by atoms with Crippen molar-refractivity contribution in [3.05, 3.63) is 113 Å². The second kappa shape index (κ2) is 10.9.